The van der Waals surface area contributed by atoms with Gasteiger partial charge in [0.15, 0.2) is 16.9 Å². The van der Waals surface area contributed by atoms with Crippen LogP contribution in [0.1, 0.15) is 35.2 Å². The number of hydrogen-bond acceptors (Lipinski definition) is 12. The van der Waals surface area contributed by atoms with Crippen LogP contribution >= 0.6 is 23.1 Å². The third kappa shape index (κ3) is 6.67. The average molecular weight is 754 g/mol. The molecule has 53 heavy (non-hydrogen) atoms. The summed E-state index contributed by atoms with van der Waals surface area (Å²) in [7, 11) is 2.56. The van der Waals surface area contributed by atoms with Crippen LogP contribution in [0.4, 0.5) is 5.13 Å². The van der Waals surface area contributed by atoms with Crippen molar-refractivity contribution in [3.8, 4) is 0 Å². The summed E-state index contributed by atoms with van der Waals surface area (Å²) >= 11 is 2.58. The number of thioether (sulfide) groups is 1. The highest BCUT2D eigenvalue weighted by Gasteiger charge is 2.55. The number of amides is 2. The number of anilines is 1. The largest absolute Gasteiger partial charge is 0.477 e. The molecule has 0 aliphatic carbocycles. The Hall–Kier alpha value is -5.51. The molecule has 0 bridgehead atoms. The number of nitrogens with one attached hydrogen (secondary N) is 2. The molecule has 15 heteroatoms. The third-order valence-electron chi connectivity index (χ3n) is 9.42. The number of hydrogen-bond donors (Lipinski definition) is 3. The van der Waals surface area contributed by atoms with Crippen molar-refractivity contribution in [2.24, 2.45) is 5.16 Å². The van der Waals surface area contributed by atoms with Gasteiger partial charge in [-0.25, -0.2) is 14.6 Å². The number of carboxylic acid groups (broad SMARTS) is 1. The van der Waals surface area contributed by atoms with Gasteiger partial charge in [0, 0.05) is 11.1 Å². The maximum absolute atomic E-state index is 13.8. The lowest BCUT2D eigenvalue weighted by Crippen LogP contribution is -2.71. The van der Waals surface area contributed by atoms with Gasteiger partial charge in [0.2, 0.25) is 0 Å². The van der Waals surface area contributed by atoms with Crippen LogP contribution in [-0.2, 0) is 39.0 Å². The first-order chi connectivity index (χ1) is 25.8. The summed E-state index contributed by atoms with van der Waals surface area (Å²) in [6, 6.07) is 29.0. The van der Waals surface area contributed by atoms with Crippen LogP contribution in [0.25, 0.3) is 0 Å². The molecule has 4 atom stereocenters. The minimum Gasteiger partial charge on any atom is -0.477 e. The van der Waals surface area contributed by atoms with Crippen LogP contribution in [0.2, 0.25) is 0 Å². The smallest absolute Gasteiger partial charge is 0.352 e. The van der Waals surface area contributed by atoms with Crippen molar-refractivity contribution in [3.63, 3.8) is 0 Å². The molecule has 0 spiro atoms. The maximum Gasteiger partial charge on any atom is 0.352 e. The van der Waals surface area contributed by atoms with Gasteiger partial charge in [0.25, 0.3) is 11.8 Å². The van der Waals surface area contributed by atoms with E-state index in [1.54, 1.807) is 5.38 Å². The molecule has 4 heterocycles. The molecule has 3 aromatic carbocycles. The summed E-state index contributed by atoms with van der Waals surface area (Å²) in [5, 5.41) is 22.0. The number of β-lactam (4-membered cyclic amide) rings is 1. The number of carbonyl (C=O) groups is 4. The zero-order valence-corrected chi connectivity index (χ0v) is 30.3. The molecule has 4 aromatic rings. The molecule has 13 nitrogen and oxygen atoms in total. The topological polar surface area (TPSA) is 169 Å². The fraction of sp³-hybridized carbons (Fsp3) is 0.263. The summed E-state index contributed by atoms with van der Waals surface area (Å²) < 4.78 is 10.6. The van der Waals surface area contributed by atoms with E-state index in [4.69, 9.17) is 19.3 Å². The van der Waals surface area contributed by atoms with Crippen molar-refractivity contribution in [1.82, 2.24) is 15.2 Å². The van der Waals surface area contributed by atoms with Crippen LogP contribution in [0.15, 0.2) is 113 Å². The van der Waals surface area contributed by atoms with Gasteiger partial charge < -0.3 is 30.1 Å². The van der Waals surface area contributed by atoms with Crippen LogP contribution < -0.4 is 10.6 Å². The molecule has 2 amide bonds. The molecular weight excluding hydrogens is 719 g/mol. The zero-order valence-electron chi connectivity index (χ0n) is 28.6. The monoisotopic (exact) mass is 753 g/mol. The van der Waals surface area contributed by atoms with Gasteiger partial charge in [0.1, 0.15) is 35.5 Å². The standard InChI is InChI=1S/C38H35N5O8S2/c1-49-36(48)28-19-18-27(51-28)25-20-52-34-30(33(45)43(34)31(25)35(46)47)40-32(44)29(42-50-2)26-21-53-37(39-26)41-38(22-12-6-3-7-13-22,23-14-8-4-9-15-23)24-16-10-5-11-17-24/h3-17,21,27-28,30,34H,18-20H2,1-2H3,(H,39,41)(H,40,44)(H,46,47)/b42-29+/t27-,28+,30-,34-/m1/s1. The number of ether oxygens (including phenoxy) is 2. The zero-order chi connectivity index (χ0) is 37.1. The number of thiazole rings is 1. The second-order valence-electron chi connectivity index (χ2n) is 12.4. The normalized spacial score (nSPS) is 21.4. The number of rotatable bonds is 12. The van der Waals surface area contributed by atoms with Gasteiger partial charge in [-0.15, -0.1) is 23.1 Å². The van der Waals surface area contributed by atoms with Crippen molar-refractivity contribution < 1.29 is 38.6 Å². The number of fused-ring (bicyclic) bond motifs is 1. The number of nitrogens with zero attached hydrogens (tertiary/aromatic N) is 3. The number of oxime groups is 1. The lowest BCUT2D eigenvalue weighted by atomic mass is 9.77. The summed E-state index contributed by atoms with van der Waals surface area (Å²) in [5.41, 5.74) is 2.31. The fourth-order valence-electron chi connectivity index (χ4n) is 6.97. The number of aromatic nitrogens is 1. The molecule has 7 rings (SSSR count). The Kier molecular flexibility index (Phi) is 10.3. The van der Waals surface area contributed by atoms with Crippen LogP contribution in [-0.4, -0.2) is 88.1 Å². The predicted octanol–water partition coefficient (Wildman–Crippen LogP) is 4.36. The van der Waals surface area contributed by atoms with Crippen molar-refractivity contribution in [2.75, 3.05) is 25.3 Å². The second-order valence-corrected chi connectivity index (χ2v) is 14.4. The fourth-order valence-corrected chi connectivity index (χ4v) is 9.13. The first-order valence-electron chi connectivity index (χ1n) is 16.7. The highest BCUT2D eigenvalue weighted by molar-refractivity contribution is 8.00. The maximum atomic E-state index is 13.8. The molecule has 272 valence electrons. The van der Waals surface area contributed by atoms with E-state index in [0.29, 0.717) is 23.5 Å². The van der Waals surface area contributed by atoms with E-state index in [-0.39, 0.29) is 22.9 Å². The van der Waals surface area contributed by atoms with E-state index in [0.717, 1.165) is 16.7 Å². The lowest BCUT2D eigenvalue weighted by Gasteiger charge is -2.49. The number of carboxylic acids is 1. The highest BCUT2D eigenvalue weighted by atomic mass is 32.2. The van der Waals surface area contributed by atoms with E-state index in [2.05, 4.69) is 15.8 Å². The molecule has 0 radical (unpaired) electrons. The van der Waals surface area contributed by atoms with E-state index in [1.165, 1.54) is 42.2 Å². The molecule has 2 saturated heterocycles. The molecule has 1 aromatic heterocycles. The number of aliphatic carboxylic acids is 1. The van der Waals surface area contributed by atoms with Crippen molar-refractivity contribution in [3.05, 3.63) is 130 Å². The van der Waals surface area contributed by atoms with E-state index < -0.39 is 52.9 Å². The van der Waals surface area contributed by atoms with Gasteiger partial charge in [0.05, 0.1) is 13.2 Å². The Balaban J connectivity index is 1.13. The minimum absolute atomic E-state index is 0.156. The van der Waals surface area contributed by atoms with Gasteiger partial charge in [-0.2, -0.15) is 0 Å². The first-order valence-corrected chi connectivity index (χ1v) is 18.7. The van der Waals surface area contributed by atoms with Gasteiger partial charge in [-0.3, -0.25) is 14.5 Å². The SMILES string of the molecule is CO/N=C(/C(=O)N[C@@H]1C(=O)N2C(C(=O)O)=C([C@H]3CC[C@@H](C(=O)OC)O3)CS[C@H]12)c1csc(NC(c2ccccc2)(c2ccccc2)c2ccccc2)n1. The van der Waals surface area contributed by atoms with Gasteiger partial charge in [-0.1, -0.05) is 96.2 Å². The number of methoxy groups -OCH3 is 1. The summed E-state index contributed by atoms with van der Waals surface area (Å²) in [5.74, 6) is -2.91. The minimum atomic E-state index is -1.30. The summed E-state index contributed by atoms with van der Waals surface area (Å²) in [4.78, 5) is 62.8. The molecule has 0 saturated carbocycles. The molecule has 3 N–H and O–H groups in total. The summed E-state index contributed by atoms with van der Waals surface area (Å²) in [6.45, 7) is 0. The quantitative estimate of drug-likeness (QED) is 0.0618. The van der Waals surface area contributed by atoms with Crippen molar-refractivity contribution in [2.45, 2.75) is 42.0 Å². The molecule has 3 aliphatic heterocycles. The van der Waals surface area contributed by atoms with Crippen molar-refractivity contribution in [1.29, 1.82) is 0 Å². The van der Waals surface area contributed by atoms with E-state index in [9.17, 15) is 24.3 Å². The lowest BCUT2D eigenvalue weighted by molar-refractivity contribution is -0.153. The average Bonchev–Trinajstić information content (AvgIpc) is 3.88. The first kappa shape index (κ1) is 35.9. The van der Waals surface area contributed by atoms with Crippen LogP contribution in [0, 0.1) is 0 Å². The highest BCUT2D eigenvalue weighted by Crippen LogP contribution is 2.44. The molecular formula is C38H35N5O8S2. The summed E-state index contributed by atoms with van der Waals surface area (Å²) in [6.07, 6.45) is -0.683. The Morgan fingerprint density at radius 3 is 2.09 bits per heavy atom. The third-order valence-corrected chi connectivity index (χ3v) is 11.5. The molecule has 3 aliphatic rings. The Morgan fingerprint density at radius 1 is 0.943 bits per heavy atom. The van der Waals surface area contributed by atoms with Gasteiger partial charge in [-0.05, 0) is 35.1 Å². The van der Waals surface area contributed by atoms with Crippen molar-refractivity contribution >= 4 is 57.7 Å². The second kappa shape index (κ2) is 15.2. The van der Waals surface area contributed by atoms with E-state index in [1.807, 2.05) is 91.0 Å². The number of benzene rings is 3. The molecule has 0 unspecified atom stereocenters. The Bertz CT molecular complexity index is 1980. The van der Waals surface area contributed by atoms with Gasteiger partial charge >= 0.3 is 11.9 Å². The number of carbonyl (C=O) groups excluding carboxylic acids is 3. The van der Waals surface area contributed by atoms with E-state index >= 15 is 0 Å². The predicted molar refractivity (Wildman–Crippen MR) is 198 cm³/mol. The molecule has 2 fully saturated rings. The Labute approximate surface area is 313 Å². The Morgan fingerprint density at radius 2 is 1.55 bits per heavy atom. The van der Waals surface area contributed by atoms with Crippen LogP contribution in [0.3, 0.4) is 0 Å². The number of esters is 1. The van der Waals surface area contributed by atoms with Crippen LogP contribution in [0.5, 0.6) is 0 Å².